The summed E-state index contributed by atoms with van der Waals surface area (Å²) in [6.07, 6.45) is 0.491. The van der Waals surface area contributed by atoms with Crippen LogP contribution in [0.5, 0.6) is 11.5 Å². The Morgan fingerprint density at radius 3 is 2.78 bits per heavy atom. The van der Waals surface area contributed by atoms with Crippen molar-refractivity contribution >= 4 is 34.7 Å². The molecule has 0 aliphatic carbocycles. The minimum Gasteiger partial charge on any atom is -0.493 e. The molecule has 2 aliphatic rings. The van der Waals surface area contributed by atoms with E-state index < -0.39 is 11.7 Å². The molecule has 2 aromatic rings. The van der Waals surface area contributed by atoms with E-state index in [1.165, 1.54) is 12.1 Å². The molecule has 0 aromatic heterocycles. The number of piperidine rings is 1. The van der Waals surface area contributed by atoms with Crippen LogP contribution in [0.2, 0.25) is 5.02 Å². The normalized spacial score (nSPS) is 17.8. The van der Waals surface area contributed by atoms with Gasteiger partial charge in [-0.2, -0.15) is 0 Å². The van der Waals surface area contributed by atoms with Crippen molar-refractivity contribution in [1.29, 1.82) is 0 Å². The number of benzene rings is 2. The molecule has 2 heterocycles. The summed E-state index contributed by atoms with van der Waals surface area (Å²) in [4.78, 5) is 31.7. The number of fused-ring (bicyclic) bond motifs is 2. The van der Waals surface area contributed by atoms with Crippen LogP contribution in [0, 0.1) is 11.7 Å². The molecule has 9 heteroatoms. The second kappa shape index (κ2) is 9.26. The molecule has 168 valence electrons. The summed E-state index contributed by atoms with van der Waals surface area (Å²) in [5.74, 6) is -0.265. The van der Waals surface area contributed by atoms with Gasteiger partial charge in [-0.05, 0) is 36.2 Å². The molecule has 2 aliphatic heterocycles. The van der Waals surface area contributed by atoms with Gasteiger partial charge < -0.3 is 14.8 Å². The summed E-state index contributed by atoms with van der Waals surface area (Å²) in [6.45, 7) is 1.43. The number of ether oxygens (including phenoxy) is 2. The average molecular weight is 460 g/mol. The third kappa shape index (κ3) is 4.33. The largest absolute Gasteiger partial charge is 0.493 e. The SMILES string of the molecule is COc1ccc(CNC(=O)CN2CCC3=Nc4c(ccc(Cl)c4F)C(=O)C3C2)cc1OC. The van der Waals surface area contributed by atoms with Gasteiger partial charge in [0.2, 0.25) is 5.91 Å². The lowest BCUT2D eigenvalue weighted by Gasteiger charge is -2.34. The summed E-state index contributed by atoms with van der Waals surface area (Å²) in [5, 5.41) is 2.84. The lowest BCUT2D eigenvalue weighted by atomic mass is 9.85. The van der Waals surface area contributed by atoms with E-state index in [0.717, 1.165) is 5.56 Å². The van der Waals surface area contributed by atoms with Crippen LogP contribution in [0.3, 0.4) is 0 Å². The van der Waals surface area contributed by atoms with Gasteiger partial charge in [-0.3, -0.25) is 19.5 Å². The zero-order valence-electron chi connectivity index (χ0n) is 17.8. The Morgan fingerprint density at radius 1 is 1.25 bits per heavy atom. The number of nitrogens with zero attached hydrogens (tertiary/aromatic N) is 2. The molecule has 1 amide bonds. The number of carbonyl (C=O) groups is 2. The summed E-state index contributed by atoms with van der Waals surface area (Å²) in [5.41, 5.74) is 1.78. The minimum absolute atomic E-state index is 0.0230. The number of halogens is 2. The summed E-state index contributed by atoms with van der Waals surface area (Å²) < 4.78 is 24.8. The predicted molar refractivity (Wildman–Crippen MR) is 119 cm³/mol. The maximum Gasteiger partial charge on any atom is 0.234 e. The van der Waals surface area contributed by atoms with Gasteiger partial charge >= 0.3 is 0 Å². The van der Waals surface area contributed by atoms with Crippen molar-refractivity contribution < 1.29 is 23.5 Å². The number of ketones is 1. The number of aliphatic imine (C=N–C) groups is 1. The highest BCUT2D eigenvalue weighted by atomic mass is 35.5. The molecule has 7 nitrogen and oxygen atoms in total. The van der Waals surface area contributed by atoms with E-state index in [1.807, 2.05) is 17.0 Å². The molecule has 1 saturated heterocycles. The fourth-order valence-corrected chi connectivity index (χ4v) is 4.20. The zero-order chi connectivity index (χ0) is 22.8. The molecule has 0 radical (unpaired) electrons. The van der Waals surface area contributed by atoms with E-state index in [4.69, 9.17) is 21.1 Å². The summed E-state index contributed by atoms with van der Waals surface area (Å²) >= 11 is 5.83. The minimum atomic E-state index is -0.666. The van der Waals surface area contributed by atoms with Crippen LogP contribution in [-0.4, -0.2) is 56.2 Å². The van der Waals surface area contributed by atoms with Crippen molar-refractivity contribution in [3.8, 4) is 11.5 Å². The Kier molecular flexibility index (Phi) is 6.43. The Balaban J connectivity index is 1.37. The van der Waals surface area contributed by atoms with Gasteiger partial charge in [-0.1, -0.05) is 17.7 Å². The molecule has 1 unspecified atom stereocenters. The van der Waals surface area contributed by atoms with Gasteiger partial charge in [0.25, 0.3) is 0 Å². The van der Waals surface area contributed by atoms with Gasteiger partial charge in [0.1, 0.15) is 5.69 Å². The number of likely N-dealkylation sites (tertiary alicyclic amines) is 1. The van der Waals surface area contributed by atoms with E-state index >= 15 is 0 Å². The van der Waals surface area contributed by atoms with E-state index in [1.54, 1.807) is 20.3 Å². The van der Waals surface area contributed by atoms with Crippen molar-refractivity contribution in [3.63, 3.8) is 0 Å². The Hall–Kier alpha value is -2.97. The first-order valence-electron chi connectivity index (χ1n) is 10.2. The highest BCUT2D eigenvalue weighted by molar-refractivity contribution is 6.31. The standard InChI is InChI=1S/C23H23ClFN3O4/c1-31-18-6-3-13(9-19(18)32-2)10-26-20(29)12-28-8-7-17-15(11-28)23(30)14-4-5-16(24)21(25)22(14)27-17/h3-6,9,15H,7-8,10-12H2,1-2H3,(H,26,29). The molecule has 4 rings (SSSR count). The van der Waals surface area contributed by atoms with Crippen molar-refractivity contribution in [2.45, 2.75) is 13.0 Å². The number of methoxy groups -OCH3 is 2. The fourth-order valence-electron chi connectivity index (χ4n) is 4.04. The molecular formula is C23H23ClFN3O4. The maximum absolute atomic E-state index is 14.3. The monoisotopic (exact) mass is 459 g/mol. The lowest BCUT2D eigenvalue weighted by molar-refractivity contribution is -0.122. The number of rotatable bonds is 6. The van der Waals surface area contributed by atoms with Crippen LogP contribution in [0.1, 0.15) is 22.3 Å². The van der Waals surface area contributed by atoms with Crippen LogP contribution < -0.4 is 14.8 Å². The fraction of sp³-hybridized carbons (Fsp3) is 0.348. The van der Waals surface area contributed by atoms with Gasteiger partial charge in [0.15, 0.2) is 23.1 Å². The highest BCUT2D eigenvalue weighted by Gasteiger charge is 2.37. The predicted octanol–water partition coefficient (Wildman–Crippen LogP) is 3.40. The van der Waals surface area contributed by atoms with Crippen LogP contribution in [-0.2, 0) is 11.3 Å². The second-order valence-electron chi connectivity index (χ2n) is 7.73. The summed E-state index contributed by atoms with van der Waals surface area (Å²) in [6, 6.07) is 8.34. The average Bonchev–Trinajstić information content (AvgIpc) is 2.80. The van der Waals surface area contributed by atoms with Gasteiger partial charge in [0.05, 0.1) is 31.7 Å². The van der Waals surface area contributed by atoms with Crippen molar-refractivity contribution in [3.05, 3.63) is 52.3 Å². The van der Waals surface area contributed by atoms with Crippen molar-refractivity contribution in [2.75, 3.05) is 33.9 Å². The first-order chi connectivity index (χ1) is 15.4. The van der Waals surface area contributed by atoms with E-state index in [-0.39, 0.29) is 34.5 Å². The van der Waals surface area contributed by atoms with Crippen LogP contribution >= 0.6 is 11.6 Å². The molecule has 32 heavy (non-hydrogen) atoms. The molecule has 0 saturated carbocycles. The third-order valence-corrected chi connectivity index (χ3v) is 6.03. The smallest absolute Gasteiger partial charge is 0.234 e. The number of nitrogens with one attached hydrogen (secondary N) is 1. The quantitative estimate of drug-likeness (QED) is 0.716. The number of amides is 1. The second-order valence-corrected chi connectivity index (χ2v) is 8.14. The first kappa shape index (κ1) is 22.2. The Bertz CT molecular complexity index is 1100. The maximum atomic E-state index is 14.3. The van der Waals surface area contributed by atoms with E-state index in [2.05, 4.69) is 10.3 Å². The van der Waals surface area contributed by atoms with Gasteiger partial charge in [-0.15, -0.1) is 0 Å². The van der Waals surface area contributed by atoms with Gasteiger partial charge in [-0.25, -0.2) is 4.39 Å². The Morgan fingerprint density at radius 2 is 2.03 bits per heavy atom. The number of hydrogen-bond donors (Lipinski definition) is 1. The number of carbonyl (C=O) groups excluding carboxylic acids is 2. The van der Waals surface area contributed by atoms with E-state index in [9.17, 15) is 14.0 Å². The van der Waals surface area contributed by atoms with Gasteiger partial charge in [0, 0.05) is 30.9 Å². The Labute approximate surface area is 190 Å². The number of hydrogen-bond acceptors (Lipinski definition) is 6. The molecule has 0 bridgehead atoms. The van der Waals surface area contributed by atoms with Crippen molar-refractivity contribution in [1.82, 2.24) is 10.2 Å². The topological polar surface area (TPSA) is 80.2 Å². The molecule has 1 N–H and O–H groups in total. The molecule has 1 atom stereocenters. The lowest BCUT2D eigenvalue weighted by Crippen LogP contribution is -2.48. The third-order valence-electron chi connectivity index (χ3n) is 5.74. The first-order valence-corrected chi connectivity index (χ1v) is 10.6. The molecular weight excluding hydrogens is 437 g/mol. The summed E-state index contributed by atoms with van der Waals surface area (Å²) in [7, 11) is 3.12. The number of Topliss-reactive ketones (excluding diaryl/α,β-unsaturated/α-hetero) is 1. The molecule has 1 fully saturated rings. The zero-order valence-corrected chi connectivity index (χ0v) is 18.5. The van der Waals surface area contributed by atoms with Crippen LogP contribution in [0.4, 0.5) is 10.1 Å². The van der Waals surface area contributed by atoms with Crippen molar-refractivity contribution in [2.24, 2.45) is 10.9 Å². The molecule has 0 spiro atoms. The van der Waals surface area contributed by atoms with Crippen LogP contribution in [0.15, 0.2) is 35.3 Å². The molecule has 2 aromatic carbocycles. The highest BCUT2D eigenvalue weighted by Crippen LogP contribution is 2.36. The van der Waals surface area contributed by atoms with E-state index in [0.29, 0.717) is 43.3 Å². The van der Waals surface area contributed by atoms with Crippen LogP contribution in [0.25, 0.3) is 0 Å².